The summed E-state index contributed by atoms with van der Waals surface area (Å²) in [6.07, 6.45) is 1.55. The summed E-state index contributed by atoms with van der Waals surface area (Å²) in [5, 5.41) is 18.6. The molecule has 2 rings (SSSR count). The molecule has 8 heteroatoms. The quantitative estimate of drug-likeness (QED) is 0.589. The van der Waals surface area contributed by atoms with Crippen molar-refractivity contribution < 1.29 is 24.5 Å². The Kier molecular flexibility index (Phi) is 4.69. The van der Waals surface area contributed by atoms with E-state index in [4.69, 9.17) is 10.5 Å². The Morgan fingerprint density at radius 1 is 1.17 bits per heavy atom. The first-order valence-electron chi connectivity index (χ1n) is 6.73. The molecule has 0 bridgehead atoms. The monoisotopic (exact) mass is 330 g/mol. The van der Waals surface area contributed by atoms with E-state index in [1.807, 2.05) is 4.98 Å². The highest BCUT2D eigenvalue weighted by Gasteiger charge is 2.26. The fraction of sp³-hybridized carbons (Fsp3) is 0.0625. The number of ether oxygens (including phenoxy) is 1. The van der Waals surface area contributed by atoms with Crippen LogP contribution in [0.3, 0.4) is 0 Å². The molecule has 1 aromatic carbocycles. The molecule has 24 heavy (non-hydrogen) atoms. The van der Waals surface area contributed by atoms with Crippen LogP contribution in [-0.4, -0.2) is 33.7 Å². The molecule has 124 valence electrons. The van der Waals surface area contributed by atoms with E-state index in [1.165, 1.54) is 24.3 Å². The maximum atomic E-state index is 11.9. The van der Waals surface area contributed by atoms with Crippen LogP contribution in [0.1, 0.15) is 20.7 Å². The standard InChI is InChI=1S/C16H14N2O6/c1-2-7-24-9-5-3-8(4-6-9)10-11(15(20)21)13(17)18-14(19)12(10)16(22)23/h2-6H,1,7H2,(H,20,21)(H,22,23)(H3,17,18,19). The van der Waals surface area contributed by atoms with Gasteiger partial charge in [0.25, 0.3) is 5.56 Å². The molecule has 8 nitrogen and oxygen atoms in total. The first kappa shape index (κ1) is 16.8. The summed E-state index contributed by atoms with van der Waals surface area (Å²) in [5.41, 5.74) is 3.37. The van der Waals surface area contributed by atoms with Crippen LogP contribution in [-0.2, 0) is 0 Å². The summed E-state index contributed by atoms with van der Waals surface area (Å²) in [6.45, 7) is 3.79. The van der Waals surface area contributed by atoms with Crippen molar-refractivity contribution in [2.45, 2.75) is 0 Å². The molecule has 0 radical (unpaired) electrons. The van der Waals surface area contributed by atoms with Gasteiger partial charge in [0, 0.05) is 5.56 Å². The van der Waals surface area contributed by atoms with E-state index in [2.05, 4.69) is 6.58 Å². The Labute approximate surface area is 135 Å². The number of benzene rings is 1. The molecular weight excluding hydrogens is 316 g/mol. The third-order valence-electron chi connectivity index (χ3n) is 3.18. The van der Waals surface area contributed by atoms with Gasteiger partial charge in [-0.2, -0.15) is 0 Å². The number of pyridine rings is 1. The molecule has 0 unspecified atom stereocenters. The zero-order valence-corrected chi connectivity index (χ0v) is 12.4. The predicted octanol–water partition coefficient (Wildman–Crippen LogP) is 1.59. The van der Waals surface area contributed by atoms with Crippen molar-refractivity contribution >= 4 is 17.8 Å². The molecule has 0 aliphatic rings. The second kappa shape index (κ2) is 6.69. The van der Waals surface area contributed by atoms with Gasteiger partial charge in [0.1, 0.15) is 29.3 Å². The summed E-state index contributed by atoms with van der Waals surface area (Å²) >= 11 is 0. The molecule has 1 aromatic heterocycles. The highest BCUT2D eigenvalue weighted by molar-refractivity contribution is 6.07. The minimum absolute atomic E-state index is 0.216. The average molecular weight is 330 g/mol. The molecule has 0 spiro atoms. The normalized spacial score (nSPS) is 10.2. The van der Waals surface area contributed by atoms with E-state index < -0.39 is 34.4 Å². The highest BCUT2D eigenvalue weighted by Crippen LogP contribution is 2.30. The Morgan fingerprint density at radius 2 is 1.75 bits per heavy atom. The van der Waals surface area contributed by atoms with Crippen molar-refractivity contribution in [3.63, 3.8) is 0 Å². The third kappa shape index (κ3) is 3.12. The fourth-order valence-electron chi connectivity index (χ4n) is 2.21. The van der Waals surface area contributed by atoms with Gasteiger partial charge in [0.05, 0.1) is 0 Å². The summed E-state index contributed by atoms with van der Waals surface area (Å²) < 4.78 is 5.31. The first-order chi connectivity index (χ1) is 11.4. The lowest BCUT2D eigenvalue weighted by Gasteiger charge is -2.12. The zero-order chi connectivity index (χ0) is 17.9. The van der Waals surface area contributed by atoms with E-state index in [-0.39, 0.29) is 17.7 Å². The molecule has 0 amide bonds. The van der Waals surface area contributed by atoms with Gasteiger partial charge < -0.3 is 25.7 Å². The van der Waals surface area contributed by atoms with Gasteiger partial charge in [0.15, 0.2) is 0 Å². The summed E-state index contributed by atoms with van der Waals surface area (Å²) in [6, 6.07) is 5.94. The number of rotatable bonds is 6. The number of carbonyl (C=O) groups is 2. The van der Waals surface area contributed by atoms with Gasteiger partial charge in [0.2, 0.25) is 0 Å². The number of aromatic carboxylic acids is 2. The van der Waals surface area contributed by atoms with Crippen molar-refractivity contribution in [1.82, 2.24) is 4.98 Å². The van der Waals surface area contributed by atoms with Gasteiger partial charge >= 0.3 is 11.9 Å². The van der Waals surface area contributed by atoms with Crippen molar-refractivity contribution in [2.75, 3.05) is 12.3 Å². The summed E-state index contributed by atoms with van der Waals surface area (Å²) in [4.78, 5) is 36.9. The van der Waals surface area contributed by atoms with Crippen LogP contribution < -0.4 is 16.0 Å². The zero-order valence-electron chi connectivity index (χ0n) is 12.4. The van der Waals surface area contributed by atoms with E-state index in [1.54, 1.807) is 6.08 Å². The minimum Gasteiger partial charge on any atom is -0.490 e. The van der Waals surface area contributed by atoms with Gasteiger partial charge in [-0.15, -0.1) is 0 Å². The molecule has 2 aromatic rings. The summed E-state index contributed by atoms with van der Waals surface area (Å²) in [5.74, 6) is -2.95. The van der Waals surface area contributed by atoms with Crippen molar-refractivity contribution in [2.24, 2.45) is 0 Å². The van der Waals surface area contributed by atoms with Crippen molar-refractivity contribution in [3.8, 4) is 16.9 Å². The Hall–Kier alpha value is -3.55. The minimum atomic E-state index is -1.55. The first-order valence-corrected chi connectivity index (χ1v) is 6.73. The number of nitrogens with two attached hydrogens (primary N) is 1. The summed E-state index contributed by atoms with van der Waals surface area (Å²) in [7, 11) is 0. The molecule has 0 aliphatic heterocycles. The highest BCUT2D eigenvalue weighted by atomic mass is 16.5. The molecule has 5 N–H and O–H groups in total. The number of carboxylic acid groups (broad SMARTS) is 2. The molecule has 0 atom stereocenters. The van der Waals surface area contributed by atoms with Crippen molar-refractivity contribution in [1.29, 1.82) is 0 Å². The topological polar surface area (TPSA) is 143 Å². The number of hydrogen-bond donors (Lipinski definition) is 4. The third-order valence-corrected chi connectivity index (χ3v) is 3.18. The number of nitrogens with one attached hydrogen (secondary N) is 1. The molecule has 0 saturated carbocycles. The van der Waals surface area contributed by atoms with Gasteiger partial charge in [-0.05, 0) is 17.7 Å². The number of aromatic amines is 1. The molecular formula is C16H14N2O6. The lowest BCUT2D eigenvalue weighted by atomic mass is 9.95. The van der Waals surface area contributed by atoms with Crippen LogP contribution >= 0.6 is 0 Å². The van der Waals surface area contributed by atoms with Gasteiger partial charge in [-0.3, -0.25) is 4.79 Å². The average Bonchev–Trinajstić information content (AvgIpc) is 2.51. The van der Waals surface area contributed by atoms with Crippen LogP contribution in [0.5, 0.6) is 5.75 Å². The van der Waals surface area contributed by atoms with Gasteiger partial charge in [-0.1, -0.05) is 24.8 Å². The largest absolute Gasteiger partial charge is 0.490 e. The number of aromatic nitrogens is 1. The van der Waals surface area contributed by atoms with Crippen LogP contribution in [0, 0.1) is 0 Å². The number of nitrogen functional groups attached to an aromatic ring is 1. The van der Waals surface area contributed by atoms with Gasteiger partial charge in [-0.25, -0.2) is 9.59 Å². The molecule has 1 heterocycles. The Balaban J connectivity index is 2.71. The van der Waals surface area contributed by atoms with Crippen LogP contribution in [0.2, 0.25) is 0 Å². The SMILES string of the molecule is C=CCOc1ccc(-c2c(C(=O)O)c(N)[nH]c(=O)c2C(=O)O)cc1. The number of hydrogen-bond acceptors (Lipinski definition) is 5. The molecule has 0 fully saturated rings. The predicted molar refractivity (Wildman–Crippen MR) is 86.5 cm³/mol. The Morgan fingerprint density at radius 3 is 2.25 bits per heavy atom. The van der Waals surface area contributed by atoms with E-state index in [9.17, 15) is 24.6 Å². The van der Waals surface area contributed by atoms with Crippen molar-refractivity contribution in [3.05, 3.63) is 58.4 Å². The smallest absolute Gasteiger partial charge is 0.342 e. The maximum Gasteiger partial charge on any atom is 0.342 e. The second-order valence-corrected chi connectivity index (χ2v) is 4.73. The van der Waals surface area contributed by atoms with E-state index >= 15 is 0 Å². The molecule has 0 aliphatic carbocycles. The van der Waals surface area contributed by atoms with E-state index in [0.717, 1.165) is 0 Å². The number of H-pyrrole nitrogens is 1. The van der Waals surface area contributed by atoms with Crippen LogP contribution in [0.25, 0.3) is 11.1 Å². The lowest BCUT2D eigenvalue weighted by molar-refractivity contribution is 0.0695. The van der Waals surface area contributed by atoms with Crippen LogP contribution in [0.15, 0.2) is 41.7 Å². The number of anilines is 1. The molecule has 0 saturated heterocycles. The lowest BCUT2D eigenvalue weighted by Crippen LogP contribution is -2.24. The van der Waals surface area contributed by atoms with E-state index in [0.29, 0.717) is 5.75 Å². The second-order valence-electron chi connectivity index (χ2n) is 4.73. The number of carboxylic acids is 2. The Bertz CT molecular complexity index is 867. The fourth-order valence-corrected chi connectivity index (χ4v) is 2.21. The maximum absolute atomic E-state index is 11.9. The van der Waals surface area contributed by atoms with Crippen LogP contribution in [0.4, 0.5) is 5.82 Å².